The molecule has 20 heavy (non-hydrogen) atoms. The quantitative estimate of drug-likeness (QED) is 0.899. The van der Waals surface area contributed by atoms with Crippen LogP contribution in [0.1, 0.15) is 45.7 Å². The highest BCUT2D eigenvalue weighted by Gasteiger charge is 2.61. The molecule has 0 aliphatic heterocycles. The van der Waals surface area contributed by atoms with Gasteiger partial charge in [-0.05, 0) is 36.0 Å². The van der Waals surface area contributed by atoms with Crippen molar-refractivity contribution in [2.24, 2.45) is 16.7 Å². The van der Waals surface area contributed by atoms with Gasteiger partial charge >= 0.3 is 6.03 Å². The Kier molecular flexibility index (Phi) is 3.27. The molecule has 1 aromatic rings. The monoisotopic (exact) mass is 293 g/mol. The van der Waals surface area contributed by atoms with E-state index in [-0.39, 0.29) is 11.4 Å². The molecule has 1 aromatic heterocycles. The molecular weight excluding hydrogens is 270 g/mol. The average Bonchev–Trinajstić information content (AvgIpc) is 3.02. The van der Waals surface area contributed by atoms with Crippen LogP contribution in [0.3, 0.4) is 0 Å². The molecule has 3 rings (SSSR count). The molecule has 4 nitrogen and oxygen atoms in total. The lowest BCUT2D eigenvalue weighted by molar-refractivity contribution is 0.123. The van der Waals surface area contributed by atoms with E-state index >= 15 is 0 Å². The summed E-state index contributed by atoms with van der Waals surface area (Å²) in [4.78, 5) is 16.2. The molecule has 2 saturated carbocycles. The number of rotatable bonds is 3. The van der Waals surface area contributed by atoms with Gasteiger partial charge in [-0.15, -0.1) is 11.3 Å². The van der Waals surface area contributed by atoms with E-state index in [0.717, 1.165) is 18.0 Å². The van der Waals surface area contributed by atoms with Gasteiger partial charge in [0.1, 0.15) is 0 Å². The van der Waals surface area contributed by atoms with Crippen LogP contribution in [0.25, 0.3) is 0 Å². The lowest BCUT2D eigenvalue weighted by Gasteiger charge is -2.39. The van der Waals surface area contributed by atoms with Crippen LogP contribution < -0.4 is 10.6 Å². The molecule has 5 heteroatoms. The van der Waals surface area contributed by atoms with Crippen molar-refractivity contribution in [2.45, 2.75) is 52.6 Å². The summed E-state index contributed by atoms with van der Waals surface area (Å²) in [5.41, 5.74) is 3.27. The lowest BCUT2D eigenvalue weighted by atomic mass is 9.69. The Morgan fingerprint density at radius 2 is 2.30 bits per heavy atom. The van der Waals surface area contributed by atoms with E-state index in [1.165, 1.54) is 12.8 Å². The molecule has 1 heterocycles. The molecule has 0 spiro atoms. The van der Waals surface area contributed by atoms with Crippen molar-refractivity contribution in [3.8, 4) is 0 Å². The molecule has 3 atom stereocenters. The smallest absolute Gasteiger partial charge is 0.315 e. The maximum atomic E-state index is 12.1. The van der Waals surface area contributed by atoms with Crippen molar-refractivity contribution < 1.29 is 4.79 Å². The summed E-state index contributed by atoms with van der Waals surface area (Å²) in [5, 5.41) is 8.07. The SMILES string of the molecule is CC1(C)C2CCC1(C)C(NC(=O)NCc1cscn1)C2. The van der Waals surface area contributed by atoms with Crippen LogP contribution in [0.15, 0.2) is 10.9 Å². The Labute approximate surface area is 124 Å². The van der Waals surface area contributed by atoms with E-state index in [4.69, 9.17) is 0 Å². The average molecular weight is 293 g/mol. The Bertz CT molecular complexity index is 499. The first-order valence-corrected chi connectivity index (χ1v) is 8.29. The Morgan fingerprint density at radius 1 is 1.50 bits per heavy atom. The van der Waals surface area contributed by atoms with Crippen LogP contribution in [0, 0.1) is 16.7 Å². The van der Waals surface area contributed by atoms with Gasteiger partial charge in [-0.3, -0.25) is 0 Å². The second-order valence-electron chi connectivity index (χ2n) is 6.97. The molecule has 2 aliphatic rings. The zero-order chi connectivity index (χ0) is 14.4. The van der Waals surface area contributed by atoms with Crippen molar-refractivity contribution in [3.63, 3.8) is 0 Å². The normalized spacial score (nSPS) is 34.1. The van der Waals surface area contributed by atoms with Crippen molar-refractivity contribution in [1.29, 1.82) is 0 Å². The first-order chi connectivity index (χ1) is 9.43. The second kappa shape index (κ2) is 4.72. The fourth-order valence-electron chi connectivity index (χ4n) is 4.13. The minimum Gasteiger partial charge on any atom is -0.335 e. The van der Waals surface area contributed by atoms with Crippen LogP contribution in [-0.2, 0) is 6.54 Å². The van der Waals surface area contributed by atoms with Crippen LogP contribution in [0.4, 0.5) is 4.79 Å². The summed E-state index contributed by atoms with van der Waals surface area (Å²) in [7, 11) is 0. The summed E-state index contributed by atoms with van der Waals surface area (Å²) in [6.07, 6.45) is 3.65. The fraction of sp³-hybridized carbons (Fsp3) is 0.733. The Hall–Kier alpha value is -1.10. The predicted octanol–water partition coefficient (Wildman–Crippen LogP) is 3.16. The number of fused-ring (bicyclic) bond motifs is 2. The largest absolute Gasteiger partial charge is 0.335 e. The number of aromatic nitrogens is 1. The van der Waals surface area contributed by atoms with Crippen LogP contribution in [-0.4, -0.2) is 17.1 Å². The standard InChI is InChI=1S/C15H23N3OS/c1-14(2)10-4-5-15(14,3)12(6-10)18-13(19)16-7-11-8-20-9-17-11/h8-10,12H,4-7H2,1-3H3,(H2,16,18,19). The van der Waals surface area contributed by atoms with Gasteiger partial charge in [0.25, 0.3) is 0 Å². The molecule has 3 unspecified atom stereocenters. The van der Waals surface area contributed by atoms with E-state index in [9.17, 15) is 4.79 Å². The highest BCUT2D eigenvalue weighted by atomic mass is 32.1. The first kappa shape index (κ1) is 13.9. The predicted molar refractivity (Wildman–Crippen MR) is 80.5 cm³/mol. The molecule has 0 saturated heterocycles. The van der Waals surface area contributed by atoms with Gasteiger partial charge in [-0.1, -0.05) is 20.8 Å². The van der Waals surface area contributed by atoms with Gasteiger partial charge in [-0.25, -0.2) is 9.78 Å². The zero-order valence-electron chi connectivity index (χ0n) is 12.4. The molecule has 0 aromatic carbocycles. The molecule has 2 amide bonds. The van der Waals surface area contributed by atoms with Gasteiger partial charge in [0.2, 0.25) is 0 Å². The Morgan fingerprint density at radius 3 is 2.85 bits per heavy atom. The summed E-state index contributed by atoms with van der Waals surface area (Å²) in [5.74, 6) is 0.747. The first-order valence-electron chi connectivity index (χ1n) is 7.35. The van der Waals surface area contributed by atoms with Gasteiger partial charge in [-0.2, -0.15) is 0 Å². The number of thiazole rings is 1. The summed E-state index contributed by atoms with van der Waals surface area (Å²) < 4.78 is 0. The molecule has 0 radical (unpaired) electrons. The zero-order valence-corrected chi connectivity index (χ0v) is 13.2. The number of nitrogens with zero attached hydrogens (tertiary/aromatic N) is 1. The molecular formula is C15H23N3OS. The van der Waals surface area contributed by atoms with Crippen LogP contribution in [0.5, 0.6) is 0 Å². The number of hydrogen-bond donors (Lipinski definition) is 2. The third kappa shape index (κ3) is 2.03. The Balaban J connectivity index is 1.58. The maximum absolute atomic E-state index is 12.1. The van der Waals surface area contributed by atoms with Crippen molar-refractivity contribution in [3.05, 3.63) is 16.6 Å². The highest BCUT2D eigenvalue weighted by Crippen LogP contribution is 2.65. The van der Waals surface area contributed by atoms with Gasteiger partial charge in [0.05, 0.1) is 17.7 Å². The number of nitrogens with one attached hydrogen (secondary N) is 2. The van der Waals surface area contributed by atoms with Crippen molar-refractivity contribution >= 4 is 17.4 Å². The fourth-order valence-corrected chi connectivity index (χ4v) is 4.69. The van der Waals surface area contributed by atoms with Gasteiger partial charge in [0, 0.05) is 11.4 Å². The number of carbonyl (C=O) groups is 1. The van der Waals surface area contributed by atoms with Crippen molar-refractivity contribution in [2.75, 3.05) is 0 Å². The molecule has 2 bridgehead atoms. The van der Waals surface area contributed by atoms with Gasteiger partial charge < -0.3 is 10.6 Å². The number of hydrogen-bond acceptors (Lipinski definition) is 3. The molecule has 2 fully saturated rings. The molecule has 2 N–H and O–H groups in total. The minimum atomic E-state index is -0.0624. The maximum Gasteiger partial charge on any atom is 0.315 e. The lowest BCUT2D eigenvalue weighted by Crippen LogP contribution is -2.50. The third-order valence-electron chi connectivity index (χ3n) is 6.01. The minimum absolute atomic E-state index is 0.0624. The van der Waals surface area contributed by atoms with Crippen LogP contribution >= 0.6 is 11.3 Å². The topological polar surface area (TPSA) is 54.0 Å². The third-order valence-corrected chi connectivity index (χ3v) is 6.65. The van der Waals surface area contributed by atoms with E-state index in [0.29, 0.717) is 18.0 Å². The summed E-state index contributed by atoms with van der Waals surface area (Å²) in [6.45, 7) is 7.57. The number of carbonyl (C=O) groups excluding carboxylic acids is 1. The highest BCUT2D eigenvalue weighted by molar-refractivity contribution is 7.07. The summed E-state index contributed by atoms with van der Waals surface area (Å²) >= 11 is 1.55. The van der Waals surface area contributed by atoms with Crippen LogP contribution in [0.2, 0.25) is 0 Å². The second-order valence-corrected chi connectivity index (χ2v) is 7.69. The van der Waals surface area contributed by atoms with Crippen molar-refractivity contribution in [1.82, 2.24) is 15.6 Å². The van der Waals surface area contributed by atoms with E-state index in [1.54, 1.807) is 16.8 Å². The van der Waals surface area contributed by atoms with E-state index in [1.807, 2.05) is 5.38 Å². The molecule has 110 valence electrons. The summed E-state index contributed by atoms with van der Waals surface area (Å²) in [6, 6.07) is 0.235. The van der Waals surface area contributed by atoms with Gasteiger partial charge in [0.15, 0.2) is 0 Å². The number of amides is 2. The number of urea groups is 1. The van der Waals surface area contributed by atoms with E-state index < -0.39 is 0 Å². The van der Waals surface area contributed by atoms with E-state index in [2.05, 4.69) is 36.4 Å². The molecule has 2 aliphatic carbocycles.